The molecule has 0 radical (unpaired) electrons. The Balaban J connectivity index is 1.24. The normalized spacial score (nSPS) is 20.0. The van der Waals surface area contributed by atoms with Gasteiger partial charge in [0.1, 0.15) is 12.7 Å². The summed E-state index contributed by atoms with van der Waals surface area (Å²) in [6.45, 7) is 7.39. The molecule has 0 amide bonds. The summed E-state index contributed by atoms with van der Waals surface area (Å²) in [4.78, 5) is 17.9. The standard InChI is InChI=1S/C23H26ClN3O3/c1-14-9-15(2)22-21(10-14)30-18(13-29-22)12-26-7-5-17(6-8-26)27-20-4-3-16(24)11-19(20)25-23(27)28/h3-4,9-11,17-18H,5-8,12-13H2,1-2H3,(H,25,28). The Bertz CT molecular complexity index is 1140. The zero-order chi connectivity index (χ0) is 20.8. The zero-order valence-electron chi connectivity index (χ0n) is 17.3. The van der Waals surface area contributed by atoms with Crippen LogP contribution in [0.3, 0.4) is 0 Å². The van der Waals surface area contributed by atoms with Crippen LogP contribution in [0.5, 0.6) is 11.5 Å². The number of rotatable bonds is 3. The number of ether oxygens (including phenoxy) is 2. The van der Waals surface area contributed by atoms with Gasteiger partial charge in [-0.25, -0.2) is 4.79 Å². The second-order valence-electron chi connectivity index (χ2n) is 8.45. The average Bonchev–Trinajstić information content (AvgIpc) is 3.03. The Labute approximate surface area is 180 Å². The molecule has 30 heavy (non-hydrogen) atoms. The molecular formula is C23H26ClN3O3. The fourth-order valence-corrected chi connectivity index (χ4v) is 4.95. The Hall–Kier alpha value is -2.44. The van der Waals surface area contributed by atoms with E-state index in [2.05, 4.69) is 35.9 Å². The predicted molar refractivity (Wildman–Crippen MR) is 118 cm³/mol. The molecule has 2 aromatic carbocycles. The number of hydrogen-bond donors (Lipinski definition) is 1. The van der Waals surface area contributed by atoms with E-state index < -0.39 is 0 Å². The van der Waals surface area contributed by atoms with Crippen molar-refractivity contribution in [2.75, 3.05) is 26.2 Å². The first-order valence-electron chi connectivity index (χ1n) is 10.5. The molecule has 2 aliphatic heterocycles. The summed E-state index contributed by atoms with van der Waals surface area (Å²) in [7, 11) is 0. The maximum Gasteiger partial charge on any atom is 0.326 e. The van der Waals surface area contributed by atoms with E-state index in [-0.39, 0.29) is 17.8 Å². The van der Waals surface area contributed by atoms with Gasteiger partial charge in [0.05, 0.1) is 11.0 Å². The molecule has 1 unspecified atom stereocenters. The van der Waals surface area contributed by atoms with Gasteiger partial charge < -0.3 is 14.5 Å². The van der Waals surface area contributed by atoms with Crippen molar-refractivity contribution in [3.05, 3.63) is 57.0 Å². The number of aryl methyl sites for hydroxylation is 2. The van der Waals surface area contributed by atoms with Gasteiger partial charge in [0.25, 0.3) is 0 Å². The average molecular weight is 428 g/mol. The van der Waals surface area contributed by atoms with Gasteiger partial charge in [-0.15, -0.1) is 0 Å². The zero-order valence-corrected chi connectivity index (χ0v) is 18.0. The topological polar surface area (TPSA) is 59.5 Å². The number of piperidine rings is 1. The van der Waals surface area contributed by atoms with Gasteiger partial charge in [-0.05, 0) is 62.1 Å². The molecule has 5 rings (SSSR count). The maximum atomic E-state index is 12.5. The van der Waals surface area contributed by atoms with Gasteiger partial charge in [0, 0.05) is 30.7 Å². The molecule has 158 valence electrons. The minimum atomic E-state index is -0.0583. The highest BCUT2D eigenvalue weighted by molar-refractivity contribution is 6.31. The molecule has 0 bridgehead atoms. The number of aromatic nitrogens is 2. The molecular weight excluding hydrogens is 402 g/mol. The summed E-state index contributed by atoms with van der Waals surface area (Å²) in [6, 6.07) is 9.94. The van der Waals surface area contributed by atoms with Crippen LogP contribution in [0, 0.1) is 13.8 Å². The summed E-state index contributed by atoms with van der Waals surface area (Å²) in [6.07, 6.45) is 1.88. The van der Waals surface area contributed by atoms with E-state index in [0.29, 0.717) is 11.6 Å². The third-order valence-corrected chi connectivity index (χ3v) is 6.39. The van der Waals surface area contributed by atoms with Crippen molar-refractivity contribution in [3.63, 3.8) is 0 Å². The van der Waals surface area contributed by atoms with Crippen LogP contribution in [0.4, 0.5) is 0 Å². The third kappa shape index (κ3) is 3.59. The van der Waals surface area contributed by atoms with Crippen LogP contribution < -0.4 is 15.2 Å². The number of nitrogens with zero attached hydrogens (tertiary/aromatic N) is 2. The summed E-state index contributed by atoms with van der Waals surface area (Å²) in [5.41, 5.74) is 3.97. The maximum absolute atomic E-state index is 12.5. The number of aromatic amines is 1. The van der Waals surface area contributed by atoms with E-state index in [1.807, 2.05) is 22.8 Å². The molecule has 1 aromatic heterocycles. The minimum Gasteiger partial charge on any atom is -0.486 e. The molecule has 6 nitrogen and oxygen atoms in total. The molecule has 0 aliphatic carbocycles. The molecule has 1 atom stereocenters. The summed E-state index contributed by atoms with van der Waals surface area (Å²) < 4.78 is 14.1. The number of imidazole rings is 1. The van der Waals surface area contributed by atoms with Gasteiger partial charge in [0.2, 0.25) is 0 Å². The van der Waals surface area contributed by atoms with Crippen LogP contribution in [0.2, 0.25) is 5.02 Å². The highest BCUT2D eigenvalue weighted by Crippen LogP contribution is 2.36. The van der Waals surface area contributed by atoms with Crippen LogP contribution in [0.25, 0.3) is 11.0 Å². The number of hydrogen-bond acceptors (Lipinski definition) is 4. The number of halogens is 1. The van der Waals surface area contributed by atoms with Crippen LogP contribution in [-0.2, 0) is 0 Å². The summed E-state index contributed by atoms with van der Waals surface area (Å²) >= 11 is 6.07. The fourth-order valence-electron chi connectivity index (χ4n) is 4.78. The molecule has 7 heteroatoms. The molecule has 1 N–H and O–H groups in total. The summed E-state index contributed by atoms with van der Waals surface area (Å²) in [5, 5.41) is 0.632. The lowest BCUT2D eigenvalue weighted by Crippen LogP contribution is -2.45. The Morgan fingerprint density at radius 1 is 1.17 bits per heavy atom. The second-order valence-corrected chi connectivity index (χ2v) is 8.89. The number of benzene rings is 2. The number of H-pyrrole nitrogens is 1. The van der Waals surface area contributed by atoms with E-state index in [1.165, 1.54) is 5.56 Å². The molecule has 3 aromatic rings. The van der Waals surface area contributed by atoms with Crippen molar-refractivity contribution in [1.82, 2.24) is 14.5 Å². The smallest absolute Gasteiger partial charge is 0.326 e. The highest BCUT2D eigenvalue weighted by Gasteiger charge is 2.28. The molecule has 1 saturated heterocycles. The van der Waals surface area contributed by atoms with E-state index in [9.17, 15) is 4.79 Å². The van der Waals surface area contributed by atoms with Crippen LogP contribution >= 0.6 is 11.6 Å². The van der Waals surface area contributed by atoms with E-state index >= 15 is 0 Å². The van der Waals surface area contributed by atoms with Gasteiger partial charge in [-0.1, -0.05) is 17.7 Å². The highest BCUT2D eigenvalue weighted by atomic mass is 35.5. The van der Waals surface area contributed by atoms with Gasteiger partial charge in [-0.3, -0.25) is 9.47 Å². The minimum absolute atomic E-state index is 0.0215. The van der Waals surface area contributed by atoms with Crippen molar-refractivity contribution in [3.8, 4) is 11.5 Å². The largest absolute Gasteiger partial charge is 0.486 e. The first kappa shape index (κ1) is 19.5. The van der Waals surface area contributed by atoms with Crippen LogP contribution in [0.15, 0.2) is 35.1 Å². The molecule has 0 saturated carbocycles. The lowest BCUT2D eigenvalue weighted by atomic mass is 10.0. The Morgan fingerprint density at radius 2 is 1.97 bits per heavy atom. The number of nitrogens with one attached hydrogen (secondary N) is 1. The van der Waals surface area contributed by atoms with E-state index in [1.54, 1.807) is 0 Å². The monoisotopic (exact) mass is 427 g/mol. The predicted octanol–water partition coefficient (Wildman–Crippen LogP) is 4.08. The molecule has 1 fully saturated rings. The molecule has 2 aliphatic rings. The van der Waals surface area contributed by atoms with Gasteiger partial charge in [0.15, 0.2) is 11.5 Å². The van der Waals surface area contributed by atoms with Gasteiger partial charge >= 0.3 is 5.69 Å². The fraction of sp³-hybridized carbons (Fsp3) is 0.435. The quantitative estimate of drug-likeness (QED) is 0.684. The van der Waals surface area contributed by atoms with E-state index in [4.69, 9.17) is 21.1 Å². The van der Waals surface area contributed by atoms with E-state index in [0.717, 1.165) is 60.6 Å². The third-order valence-electron chi connectivity index (χ3n) is 6.15. The van der Waals surface area contributed by atoms with Crippen molar-refractivity contribution in [2.24, 2.45) is 0 Å². The van der Waals surface area contributed by atoms with Crippen molar-refractivity contribution < 1.29 is 9.47 Å². The summed E-state index contributed by atoms with van der Waals surface area (Å²) in [5.74, 6) is 1.72. The van der Waals surface area contributed by atoms with Crippen LogP contribution in [-0.4, -0.2) is 46.8 Å². The molecule has 0 spiro atoms. The second kappa shape index (κ2) is 7.67. The molecule has 3 heterocycles. The first-order chi connectivity index (χ1) is 14.5. The Kier molecular flexibility index (Phi) is 4.99. The lowest BCUT2D eigenvalue weighted by molar-refractivity contribution is 0.0480. The Morgan fingerprint density at radius 3 is 2.77 bits per heavy atom. The number of fused-ring (bicyclic) bond motifs is 2. The first-order valence-corrected chi connectivity index (χ1v) is 10.9. The van der Waals surface area contributed by atoms with Crippen molar-refractivity contribution >= 4 is 22.6 Å². The van der Waals surface area contributed by atoms with Crippen molar-refractivity contribution in [2.45, 2.75) is 38.8 Å². The van der Waals surface area contributed by atoms with Gasteiger partial charge in [-0.2, -0.15) is 0 Å². The van der Waals surface area contributed by atoms with Crippen LogP contribution in [0.1, 0.15) is 30.0 Å². The lowest BCUT2D eigenvalue weighted by Gasteiger charge is -2.36. The number of likely N-dealkylation sites (tertiary alicyclic amines) is 1. The SMILES string of the molecule is Cc1cc(C)c2c(c1)OC(CN1CCC(n3c(=O)[nH]c4cc(Cl)ccc43)CC1)CO2. The van der Waals surface area contributed by atoms with Crippen molar-refractivity contribution in [1.29, 1.82) is 0 Å².